The number of imidazole rings is 2. The zero-order valence-electron chi connectivity index (χ0n) is 22.3. The first-order valence-corrected chi connectivity index (χ1v) is 16.5. The van der Waals surface area contributed by atoms with Crippen LogP contribution in [0.4, 0.5) is 26.3 Å². The van der Waals surface area contributed by atoms with Crippen LogP contribution in [0, 0.1) is 0 Å². The van der Waals surface area contributed by atoms with Crippen LogP contribution in [0.2, 0.25) is 5.15 Å². The van der Waals surface area contributed by atoms with Gasteiger partial charge in [0.2, 0.25) is 0 Å². The summed E-state index contributed by atoms with van der Waals surface area (Å²) < 4.78 is 97.1. The summed E-state index contributed by atoms with van der Waals surface area (Å²) in [4.78, 5) is 30.9. The summed E-state index contributed by atoms with van der Waals surface area (Å²) in [6.07, 6.45) is 2.42. The Hall–Kier alpha value is -3.85. The molecule has 0 unspecified atom stereocenters. The summed E-state index contributed by atoms with van der Waals surface area (Å²) in [7, 11) is 4.81. The number of rotatable bonds is 3. The highest BCUT2D eigenvalue weighted by Gasteiger charge is 2.34. The first-order valence-electron chi connectivity index (χ1n) is 11.7. The zero-order chi connectivity index (χ0) is 33.9. The number of fused-ring (bicyclic) bond motifs is 2. The molecule has 6 aromatic rings. The Labute approximate surface area is 271 Å². The Kier molecular flexibility index (Phi) is 10.6. The molecule has 0 aliphatic rings. The fourth-order valence-corrected chi connectivity index (χ4v) is 3.95. The highest BCUT2D eigenvalue weighted by atomic mass is 36.0. The van der Waals surface area contributed by atoms with Gasteiger partial charge in [-0.1, -0.05) is 11.6 Å². The van der Waals surface area contributed by atoms with Crippen LogP contribution in [0.1, 0.15) is 11.4 Å². The average molecular weight is 746 g/mol. The maximum Gasteiger partial charge on any atom is 0.434 e. The lowest BCUT2D eigenvalue weighted by Crippen LogP contribution is -2.09. The van der Waals surface area contributed by atoms with E-state index in [9.17, 15) is 26.3 Å². The lowest BCUT2D eigenvalue weighted by atomic mass is 10.4. The lowest BCUT2D eigenvalue weighted by molar-refractivity contribution is -0.142. The maximum absolute atomic E-state index is 12.7. The molecular formula is C23H13Cl3F6N10O2S2. The topological polar surface area (TPSA) is 146 Å². The average Bonchev–Trinajstić information content (AvgIpc) is 3.59. The summed E-state index contributed by atoms with van der Waals surface area (Å²) >= 11 is 7.16. The lowest BCUT2D eigenvalue weighted by Gasteiger charge is -2.07. The van der Waals surface area contributed by atoms with Crippen LogP contribution >= 0.6 is 44.7 Å². The van der Waals surface area contributed by atoms with Gasteiger partial charge in [0.1, 0.15) is 16.5 Å². The van der Waals surface area contributed by atoms with E-state index >= 15 is 0 Å². The van der Waals surface area contributed by atoms with Crippen LogP contribution in [0.15, 0.2) is 66.7 Å². The predicted molar refractivity (Wildman–Crippen MR) is 155 cm³/mol. The molecule has 6 heterocycles. The van der Waals surface area contributed by atoms with Gasteiger partial charge >= 0.3 is 20.6 Å². The van der Waals surface area contributed by atoms with Crippen molar-refractivity contribution in [1.29, 1.82) is 0 Å². The van der Waals surface area contributed by atoms with Crippen molar-refractivity contribution in [2.24, 2.45) is 0 Å². The van der Waals surface area contributed by atoms with Crippen molar-refractivity contribution in [3.8, 4) is 23.0 Å². The molecule has 6 aromatic heterocycles. The molecule has 0 N–H and O–H groups in total. The second-order valence-electron chi connectivity index (χ2n) is 8.29. The summed E-state index contributed by atoms with van der Waals surface area (Å²) in [5.41, 5.74) is -0.765. The summed E-state index contributed by atoms with van der Waals surface area (Å²) in [5.74, 6) is 0.498. The Bertz CT molecular complexity index is 2100. The molecule has 0 spiro atoms. The highest BCUT2D eigenvalue weighted by molar-refractivity contribution is 8.31. The molecule has 0 radical (unpaired) electrons. The molecule has 23 heteroatoms. The number of hydrogen-bond donors (Lipinski definition) is 0. The van der Waals surface area contributed by atoms with E-state index in [1.807, 2.05) is 6.26 Å². The van der Waals surface area contributed by atoms with Crippen molar-refractivity contribution in [3.63, 3.8) is 0 Å². The molecule has 242 valence electrons. The monoisotopic (exact) mass is 744 g/mol. The van der Waals surface area contributed by atoms with Gasteiger partial charge in [0.25, 0.3) is 0 Å². The van der Waals surface area contributed by atoms with E-state index in [1.165, 1.54) is 45.2 Å². The standard InChI is InChI=1S/C12H8F3N5S.C11H5ClF3N5.Cl2O2S/c1-21-10-2-3-16-11(19-10)7-4-18-9-5-17-8(6-20(7)9)12(13,14)15;12-8-1-2-16-10(19-8)6-3-18-9-4-17-7(5-20(6)9)11(13,14)15;1-5(2,3)4/h2-6H,1H3;1-5H;. The van der Waals surface area contributed by atoms with Gasteiger partial charge in [0, 0.05) is 46.2 Å². The second-order valence-corrected chi connectivity index (χ2v) is 13.2. The van der Waals surface area contributed by atoms with Gasteiger partial charge in [0.15, 0.2) is 34.3 Å². The summed E-state index contributed by atoms with van der Waals surface area (Å²) in [5, 5.41) is 0.912. The summed E-state index contributed by atoms with van der Waals surface area (Å²) in [6, 6.07) is 3.19. The Morgan fingerprint density at radius 2 is 1.13 bits per heavy atom. The second kappa shape index (κ2) is 13.9. The van der Waals surface area contributed by atoms with E-state index in [0.29, 0.717) is 22.9 Å². The fraction of sp³-hybridized carbons (Fsp3) is 0.130. The van der Waals surface area contributed by atoms with Gasteiger partial charge in [-0.3, -0.25) is 8.80 Å². The number of aromatic nitrogens is 10. The number of thioether (sulfide) groups is 1. The van der Waals surface area contributed by atoms with E-state index < -0.39 is 32.0 Å². The third-order valence-electron chi connectivity index (χ3n) is 5.29. The van der Waals surface area contributed by atoms with Crippen molar-refractivity contribution >= 4 is 64.3 Å². The van der Waals surface area contributed by atoms with E-state index in [1.54, 1.807) is 12.3 Å². The Morgan fingerprint density at radius 1 is 0.696 bits per heavy atom. The molecule has 0 amide bonds. The van der Waals surface area contributed by atoms with Gasteiger partial charge in [0.05, 0.1) is 29.8 Å². The number of alkyl halides is 6. The maximum atomic E-state index is 12.7. The largest absolute Gasteiger partial charge is 0.434 e. The van der Waals surface area contributed by atoms with Crippen molar-refractivity contribution in [3.05, 3.63) is 78.2 Å². The first kappa shape index (κ1) is 35.0. The molecule has 0 atom stereocenters. The van der Waals surface area contributed by atoms with Gasteiger partial charge in [-0.15, -0.1) is 11.8 Å². The van der Waals surface area contributed by atoms with Crippen molar-refractivity contribution in [2.75, 3.05) is 6.26 Å². The molecule has 0 saturated carbocycles. The molecule has 12 nitrogen and oxygen atoms in total. The summed E-state index contributed by atoms with van der Waals surface area (Å²) in [6.45, 7) is 0. The first-order chi connectivity index (χ1) is 21.4. The molecular weight excluding hydrogens is 733 g/mol. The van der Waals surface area contributed by atoms with Gasteiger partial charge in [-0.25, -0.2) is 39.9 Å². The smallest absolute Gasteiger partial charge is 0.293 e. The van der Waals surface area contributed by atoms with Crippen molar-refractivity contribution in [2.45, 2.75) is 17.4 Å². The quantitative estimate of drug-likeness (QED) is 0.0848. The van der Waals surface area contributed by atoms with E-state index in [0.717, 1.165) is 29.8 Å². The number of nitrogens with zero attached hydrogens (tertiary/aromatic N) is 10. The molecule has 6 rings (SSSR count). The van der Waals surface area contributed by atoms with Crippen LogP contribution in [-0.2, 0) is 20.6 Å². The SMILES string of the molecule is CSc1ccnc(-c2cnc3cnc(C(F)(F)F)cn23)n1.FC(F)(F)c1cn2c(-c3nccc(Cl)n3)cnc2cn1.O=S(=O)(Cl)Cl. The van der Waals surface area contributed by atoms with Crippen LogP contribution in [0.25, 0.3) is 34.3 Å². The van der Waals surface area contributed by atoms with E-state index in [2.05, 4.69) is 61.2 Å². The van der Waals surface area contributed by atoms with Crippen LogP contribution < -0.4 is 0 Å². The van der Waals surface area contributed by atoms with Crippen LogP contribution in [-0.4, -0.2) is 63.3 Å². The molecule has 0 aliphatic heterocycles. The number of halogens is 9. The number of hydrogen-bond acceptors (Lipinski definition) is 11. The van der Waals surface area contributed by atoms with Crippen LogP contribution in [0.5, 0.6) is 0 Å². The molecule has 0 aromatic carbocycles. The zero-order valence-corrected chi connectivity index (χ0v) is 26.2. The normalized spacial score (nSPS) is 12.0. The van der Waals surface area contributed by atoms with Gasteiger partial charge in [-0.2, -0.15) is 34.8 Å². The Balaban J connectivity index is 0.000000183. The van der Waals surface area contributed by atoms with Gasteiger partial charge < -0.3 is 0 Å². The minimum atomic E-state index is -4.54. The highest BCUT2D eigenvalue weighted by Crippen LogP contribution is 2.30. The Morgan fingerprint density at radius 3 is 1.54 bits per heavy atom. The van der Waals surface area contributed by atoms with E-state index in [4.69, 9.17) is 20.0 Å². The molecule has 0 bridgehead atoms. The third kappa shape index (κ3) is 9.12. The van der Waals surface area contributed by atoms with Crippen molar-refractivity contribution < 1.29 is 34.8 Å². The molecule has 46 heavy (non-hydrogen) atoms. The van der Waals surface area contributed by atoms with Crippen molar-refractivity contribution in [1.82, 2.24) is 48.7 Å². The van der Waals surface area contributed by atoms with Crippen LogP contribution in [0.3, 0.4) is 0 Å². The fourth-order valence-electron chi connectivity index (χ4n) is 3.44. The van der Waals surface area contributed by atoms with Gasteiger partial charge in [-0.05, 0) is 18.4 Å². The predicted octanol–water partition coefficient (Wildman–Crippen LogP) is 6.49. The molecule has 0 aliphatic carbocycles. The minimum absolute atomic E-state index is 0.185. The molecule has 0 saturated heterocycles. The minimum Gasteiger partial charge on any atom is -0.293 e. The van der Waals surface area contributed by atoms with E-state index in [-0.39, 0.29) is 16.6 Å². The third-order valence-corrected chi connectivity index (χ3v) is 6.15. The molecule has 0 fully saturated rings.